The third-order valence-corrected chi connectivity index (χ3v) is 5.30. The number of aromatic nitrogens is 3. The van der Waals surface area contributed by atoms with Crippen LogP contribution in [0.5, 0.6) is 0 Å². The molecule has 1 fully saturated rings. The molecule has 1 saturated heterocycles. The lowest BCUT2D eigenvalue weighted by Crippen LogP contribution is -2.25. The van der Waals surface area contributed by atoms with Gasteiger partial charge < -0.3 is 0 Å². The number of Topliss-reactive ketones (excluding diaryl/α,β-unsaturated/α-hetero) is 1. The molecule has 4 rings (SSSR count). The van der Waals surface area contributed by atoms with Gasteiger partial charge in [0, 0.05) is 31.6 Å². The predicted molar refractivity (Wildman–Crippen MR) is 108 cm³/mol. The summed E-state index contributed by atoms with van der Waals surface area (Å²) < 4.78 is 0. The van der Waals surface area contributed by atoms with Gasteiger partial charge in [0.25, 0.3) is 0 Å². The Labute approximate surface area is 165 Å². The van der Waals surface area contributed by atoms with Crippen molar-refractivity contribution in [3.63, 3.8) is 0 Å². The van der Waals surface area contributed by atoms with Gasteiger partial charge in [-0.1, -0.05) is 12.1 Å². The third-order valence-electron chi connectivity index (χ3n) is 5.30. The predicted octanol–water partition coefficient (Wildman–Crippen LogP) is 3.94. The molecule has 0 N–H and O–H groups in total. The normalized spacial score (nSPS) is 17.0. The number of hydrogen-bond acceptors (Lipinski definition) is 5. The van der Waals surface area contributed by atoms with Gasteiger partial charge in [-0.25, -0.2) is 4.98 Å². The van der Waals surface area contributed by atoms with Gasteiger partial charge >= 0.3 is 0 Å². The summed E-state index contributed by atoms with van der Waals surface area (Å²) in [6, 6.07) is 13.9. The fourth-order valence-electron chi connectivity index (χ4n) is 3.88. The van der Waals surface area contributed by atoms with E-state index in [1.807, 2.05) is 36.5 Å². The number of aryl methyl sites for hydroxylation is 1. The average Bonchev–Trinajstić information content (AvgIpc) is 3.17. The maximum atomic E-state index is 12.6. The maximum Gasteiger partial charge on any atom is 0.185 e. The Balaban J connectivity index is 1.49. The molecule has 0 aliphatic carbocycles. The van der Waals surface area contributed by atoms with Crippen LogP contribution in [0.3, 0.4) is 0 Å². The van der Waals surface area contributed by atoms with Crippen molar-refractivity contribution in [2.75, 3.05) is 6.54 Å². The van der Waals surface area contributed by atoms with E-state index in [2.05, 4.69) is 32.8 Å². The summed E-state index contributed by atoms with van der Waals surface area (Å²) in [5.41, 5.74) is 4.80. The molecule has 1 aliphatic heterocycles. The van der Waals surface area contributed by atoms with E-state index >= 15 is 0 Å². The maximum absolute atomic E-state index is 12.6. The number of pyridine rings is 3. The molecular weight excluding hydrogens is 348 g/mol. The van der Waals surface area contributed by atoms with E-state index in [1.54, 1.807) is 18.5 Å². The molecule has 0 amide bonds. The highest BCUT2D eigenvalue weighted by Gasteiger charge is 2.28. The summed E-state index contributed by atoms with van der Waals surface area (Å²) in [6.07, 6.45) is 7.90. The Morgan fingerprint density at radius 3 is 2.79 bits per heavy atom. The van der Waals surface area contributed by atoms with E-state index in [0.29, 0.717) is 18.2 Å². The van der Waals surface area contributed by atoms with Crippen LogP contribution in [0.4, 0.5) is 0 Å². The zero-order valence-electron chi connectivity index (χ0n) is 16.1. The van der Waals surface area contributed by atoms with E-state index in [0.717, 1.165) is 42.9 Å². The minimum atomic E-state index is 0.0339. The van der Waals surface area contributed by atoms with Gasteiger partial charge in [-0.2, -0.15) is 0 Å². The van der Waals surface area contributed by atoms with Crippen molar-refractivity contribution in [1.29, 1.82) is 0 Å². The van der Waals surface area contributed by atoms with Crippen LogP contribution in [0.1, 0.15) is 51.9 Å². The molecule has 0 bridgehead atoms. The summed E-state index contributed by atoms with van der Waals surface area (Å²) in [6.45, 7) is 3.88. The molecule has 1 aliphatic rings. The molecular formula is C23H24N4O. The third kappa shape index (κ3) is 4.15. The second-order valence-corrected chi connectivity index (χ2v) is 7.30. The average molecular weight is 372 g/mol. The van der Waals surface area contributed by atoms with Crippen molar-refractivity contribution in [2.24, 2.45) is 0 Å². The van der Waals surface area contributed by atoms with Crippen LogP contribution in [-0.2, 0) is 13.0 Å². The number of ketones is 1. The molecule has 0 spiro atoms. The molecule has 28 heavy (non-hydrogen) atoms. The van der Waals surface area contributed by atoms with Gasteiger partial charge in [-0.15, -0.1) is 0 Å². The van der Waals surface area contributed by atoms with E-state index in [9.17, 15) is 4.79 Å². The number of carbonyl (C=O) groups excluding carboxylic acids is 1. The van der Waals surface area contributed by atoms with Crippen LogP contribution < -0.4 is 0 Å². The molecule has 4 heterocycles. The Morgan fingerprint density at radius 1 is 1.11 bits per heavy atom. The van der Waals surface area contributed by atoms with E-state index < -0.39 is 0 Å². The van der Waals surface area contributed by atoms with Gasteiger partial charge in [0.1, 0.15) is 5.69 Å². The molecule has 3 aromatic rings. The van der Waals surface area contributed by atoms with Crippen molar-refractivity contribution in [1.82, 2.24) is 19.9 Å². The number of hydrogen-bond donors (Lipinski definition) is 0. The molecule has 142 valence electrons. The first kappa shape index (κ1) is 18.4. The fourth-order valence-corrected chi connectivity index (χ4v) is 3.88. The van der Waals surface area contributed by atoms with Gasteiger partial charge in [-0.3, -0.25) is 19.7 Å². The zero-order valence-corrected chi connectivity index (χ0v) is 16.1. The number of carbonyl (C=O) groups is 1. The minimum absolute atomic E-state index is 0.0339. The Kier molecular flexibility index (Phi) is 5.53. The van der Waals surface area contributed by atoms with Crippen molar-refractivity contribution in [3.8, 4) is 0 Å². The number of nitrogens with zero attached hydrogens (tertiary/aromatic N) is 4. The number of likely N-dealkylation sites (tertiary alicyclic amines) is 1. The fraction of sp³-hybridized carbons (Fsp3) is 0.304. The first-order chi connectivity index (χ1) is 13.7. The molecule has 1 unspecified atom stereocenters. The van der Waals surface area contributed by atoms with Gasteiger partial charge in [0.2, 0.25) is 0 Å². The van der Waals surface area contributed by atoms with Crippen LogP contribution >= 0.6 is 0 Å². The SMILES string of the molecule is Cc1cccnc1C1CCCN1Cc1cccc(C(=O)Cc2ccncc2)n1. The van der Waals surface area contributed by atoms with Crippen molar-refractivity contribution >= 4 is 5.78 Å². The summed E-state index contributed by atoms with van der Waals surface area (Å²) in [5.74, 6) is 0.0339. The van der Waals surface area contributed by atoms with Gasteiger partial charge in [0.15, 0.2) is 5.78 Å². The van der Waals surface area contributed by atoms with E-state index in [4.69, 9.17) is 0 Å². The van der Waals surface area contributed by atoms with Crippen molar-refractivity contribution < 1.29 is 4.79 Å². The highest BCUT2D eigenvalue weighted by atomic mass is 16.1. The second-order valence-electron chi connectivity index (χ2n) is 7.30. The van der Waals surface area contributed by atoms with Gasteiger partial charge in [-0.05, 0) is 67.8 Å². The molecule has 1 atom stereocenters. The smallest absolute Gasteiger partial charge is 0.185 e. The summed E-state index contributed by atoms with van der Waals surface area (Å²) in [4.78, 5) is 28.3. The Bertz CT molecular complexity index is 958. The van der Waals surface area contributed by atoms with E-state index in [1.165, 1.54) is 5.56 Å². The molecule has 3 aromatic heterocycles. The van der Waals surface area contributed by atoms with Gasteiger partial charge in [0.05, 0.1) is 17.4 Å². The van der Waals surface area contributed by atoms with Crippen LogP contribution in [0.15, 0.2) is 61.1 Å². The van der Waals surface area contributed by atoms with Crippen LogP contribution in [0.2, 0.25) is 0 Å². The van der Waals surface area contributed by atoms with E-state index in [-0.39, 0.29) is 5.78 Å². The highest BCUT2D eigenvalue weighted by molar-refractivity contribution is 5.95. The van der Waals surface area contributed by atoms with Crippen LogP contribution in [0.25, 0.3) is 0 Å². The molecule has 0 aromatic carbocycles. The summed E-state index contributed by atoms with van der Waals surface area (Å²) in [7, 11) is 0. The Morgan fingerprint density at radius 2 is 1.96 bits per heavy atom. The van der Waals surface area contributed by atoms with Crippen molar-refractivity contribution in [3.05, 3.63) is 89.3 Å². The standard InChI is InChI=1S/C23H24N4O/c1-17-5-3-11-25-23(17)21-8-4-14-27(21)16-19-6-2-7-20(26-19)22(28)15-18-9-12-24-13-10-18/h2-3,5-7,9-13,21H,4,8,14-16H2,1H3. The van der Waals surface area contributed by atoms with Crippen molar-refractivity contribution in [2.45, 2.75) is 38.8 Å². The first-order valence-corrected chi connectivity index (χ1v) is 9.74. The van der Waals surface area contributed by atoms with Crippen LogP contribution in [-0.4, -0.2) is 32.2 Å². The topological polar surface area (TPSA) is 59.0 Å². The molecule has 5 heteroatoms. The lowest BCUT2D eigenvalue weighted by atomic mass is 10.1. The quantitative estimate of drug-likeness (QED) is 0.613. The minimum Gasteiger partial charge on any atom is -0.292 e. The highest BCUT2D eigenvalue weighted by Crippen LogP contribution is 2.33. The Hall–Kier alpha value is -2.92. The first-order valence-electron chi connectivity index (χ1n) is 9.74. The second kappa shape index (κ2) is 8.40. The lowest BCUT2D eigenvalue weighted by molar-refractivity contribution is 0.0987. The molecule has 5 nitrogen and oxygen atoms in total. The monoisotopic (exact) mass is 372 g/mol. The molecule has 0 saturated carbocycles. The number of rotatable bonds is 6. The largest absolute Gasteiger partial charge is 0.292 e. The van der Waals surface area contributed by atoms with Crippen LogP contribution in [0, 0.1) is 6.92 Å². The molecule has 0 radical (unpaired) electrons. The summed E-state index contributed by atoms with van der Waals surface area (Å²) in [5, 5.41) is 0. The summed E-state index contributed by atoms with van der Waals surface area (Å²) >= 11 is 0. The zero-order chi connectivity index (χ0) is 19.3. The lowest BCUT2D eigenvalue weighted by Gasteiger charge is -2.24.